The van der Waals surface area contributed by atoms with E-state index in [1.165, 1.54) is 0 Å². The van der Waals surface area contributed by atoms with Crippen molar-refractivity contribution in [2.24, 2.45) is 5.41 Å². The van der Waals surface area contributed by atoms with Crippen LogP contribution in [0.1, 0.15) is 31.2 Å². The van der Waals surface area contributed by atoms with Gasteiger partial charge in [0.1, 0.15) is 0 Å². The van der Waals surface area contributed by atoms with Gasteiger partial charge in [-0.05, 0) is 50.2 Å². The van der Waals surface area contributed by atoms with Gasteiger partial charge in [-0.15, -0.1) is 0 Å². The van der Waals surface area contributed by atoms with Crippen molar-refractivity contribution in [3.63, 3.8) is 0 Å². The van der Waals surface area contributed by atoms with E-state index in [2.05, 4.69) is 0 Å². The zero-order valence-corrected chi connectivity index (χ0v) is 12.7. The minimum Gasteiger partial charge on any atom is -0.381 e. The molecule has 0 unspecified atom stereocenters. The van der Waals surface area contributed by atoms with Crippen LogP contribution in [0.2, 0.25) is 0 Å². The molecule has 5 heteroatoms. The molecule has 1 spiro atoms. The summed E-state index contributed by atoms with van der Waals surface area (Å²) in [7, 11) is -1.89. The first-order chi connectivity index (χ1) is 9.42. The van der Waals surface area contributed by atoms with Gasteiger partial charge < -0.3 is 4.74 Å². The maximum Gasteiger partial charge on any atom is 0.297 e. The van der Waals surface area contributed by atoms with Crippen LogP contribution in [-0.2, 0) is 19.0 Å². The highest BCUT2D eigenvalue weighted by Crippen LogP contribution is 2.57. The first-order valence-corrected chi connectivity index (χ1v) is 8.36. The summed E-state index contributed by atoms with van der Waals surface area (Å²) in [6, 6.07) is 6.77. The second-order valence-electron chi connectivity index (χ2n) is 6.16. The summed E-state index contributed by atoms with van der Waals surface area (Å²) in [5.74, 6) is 0. The Morgan fingerprint density at radius 2 is 1.60 bits per heavy atom. The highest BCUT2D eigenvalue weighted by molar-refractivity contribution is 7.86. The fourth-order valence-corrected chi connectivity index (χ4v) is 4.39. The molecule has 1 aromatic rings. The fourth-order valence-electron chi connectivity index (χ4n) is 3.32. The molecule has 3 rings (SSSR count). The van der Waals surface area contributed by atoms with E-state index in [4.69, 9.17) is 8.92 Å². The van der Waals surface area contributed by atoms with E-state index in [0.29, 0.717) is 6.10 Å². The van der Waals surface area contributed by atoms with Crippen LogP contribution in [0.5, 0.6) is 0 Å². The molecule has 2 aliphatic rings. The first kappa shape index (κ1) is 14.0. The van der Waals surface area contributed by atoms with Crippen molar-refractivity contribution in [3.8, 4) is 0 Å². The molecule has 0 heterocycles. The summed E-state index contributed by atoms with van der Waals surface area (Å²) in [5, 5.41) is 0. The highest BCUT2D eigenvalue weighted by atomic mass is 32.2. The fraction of sp³-hybridized carbons (Fsp3) is 0.600. The highest BCUT2D eigenvalue weighted by Gasteiger charge is 2.54. The van der Waals surface area contributed by atoms with E-state index in [-0.39, 0.29) is 16.4 Å². The van der Waals surface area contributed by atoms with E-state index in [0.717, 1.165) is 31.2 Å². The van der Waals surface area contributed by atoms with Crippen molar-refractivity contribution in [1.82, 2.24) is 0 Å². The topological polar surface area (TPSA) is 52.6 Å². The third-order valence-electron chi connectivity index (χ3n) is 4.55. The Balaban J connectivity index is 1.58. The second-order valence-corrected chi connectivity index (χ2v) is 7.73. The van der Waals surface area contributed by atoms with Crippen LogP contribution in [0.4, 0.5) is 0 Å². The maximum absolute atomic E-state index is 12.1. The molecule has 110 valence electrons. The lowest BCUT2D eigenvalue weighted by Gasteiger charge is -2.56. The van der Waals surface area contributed by atoms with E-state index in [1.54, 1.807) is 31.4 Å². The lowest BCUT2D eigenvalue weighted by Crippen LogP contribution is -2.53. The van der Waals surface area contributed by atoms with Gasteiger partial charge in [-0.2, -0.15) is 8.42 Å². The van der Waals surface area contributed by atoms with Crippen molar-refractivity contribution >= 4 is 10.1 Å². The normalized spacial score (nSPS) is 32.7. The van der Waals surface area contributed by atoms with Crippen LogP contribution in [-0.4, -0.2) is 27.7 Å². The molecule has 0 N–H and O–H groups in total. The van der Waals surface area contributed by atoms with Gasteiger partial charge in [0.05, 0.1) is 17.1 Å². The van der Waals surface area contributed by atoms with Gasteiger partial charge in [0.15, 0.2) is 0 Å². The molecule has 4 nitrogen and oxygen atoms in total. The van der Waals surface area contributed by atoms with E-state index >= 15 is 0 Å². The third kappa shape index (κ3) is 2.50. The number of hydrogen-bond acceptors (Lipinski definition) is 4. The summed E-state index contributed by atoms with van der Waals surface area (Å²) in [6.45, 7) is 1.93. The standard InChI is InChI=1S/C15H20O4S/c1-11-3-5-14(6-4-11)20(16,17)19-13-9-15(10-13)7-12(8-15)18-2/h3-6,12-13H,7-10H2,1-2H3. The second kappa shape index (κ2) is 4.83. The smallest absolute Gasteiger partial charge is 0.297 e. The molecule has 1 aromatic carbocycles. The monoisotopic (exact) mass is 296 g/mol. The lowest BCUT2D eigenvalue weighted by atomic mass is 9.54. The molecule has 0 amide bonds. The zero-order chi connectivity index (χ0) is 14.4. The Kier molecular flexibility index (Phi) is 3.39. The van der Waals surface area contributed by atoms with Gasteiger partial charge >= 0.3 is 0 Å². The van der Waals surface area contributed by atoms with E-state index in [1.807, 2.05) is 6.92 Å². The van der Waals surface area contributed by atoms with Crippen molar-refractivity contribution in [2.45, 2.75) is 49.7 Å². The first-order valence-electron chi connectivity index (χ1n) is 6.95. The minimum atomic E-state index is -3.62. The molecule has 20 heavy (non-hydrogen) atoms. The largest absolute Gasteiger partial charge is 0.381 e. The SMILES string of the molecule is COC1CC2(C1)CC(OS(=O)(=O)c1ccc(C)cc1)C2. The average Bonchev–Trinajstić information content (AvgIpc) is 2.31. The Bertz CT molecular complexity index is 577. The Morgan fingerprint density at radius 1 is 1.05 bits per heavy atom. The molecule has 0 aliphatic heterocycles. The Hall–Kier alpha value is -0.910. The van der Waals surface area contributed by atoms with Crippen LogP contribution in [0.15, 0.2) is 29.2 Å². The summed E-state index contributed by atoms with van der Waals surface area (Å²) in [4.78, 5) is 0.243. The van der Waals surface area contributed by atoms with E-state index < -0.39 is 10.1 Å². The predicted octanol–water partition coefficient (Wildman–Crippen LogP) is 2.66. The van der Waals surface area contributed by atoms with Crippen molar-refractivity contribution in [3.05, 3.63) is 29.8 Å². The predicted molar refractivity (Wildman–Crippen MR) is 74.9 cm³/mol. The van der Waals surface area contributed by atoms with Crippen molar-refractivity contribution < 1.29 is 17.3 Å². The zero-order valence-electron chi connectivity index (χ0n) is 11.8. The van der Waals surface area contributed by atoms with Crippen LogP contribution in [0.3, 0.4) is 0 Å². The molecule has 0 atom stereocenters. The van der Waals surface area contributed by atoms with Gasteiger partial charge in [0.25, 0.3) is 10.1 Å². The molecule has 2 saturated carbocycles. The van der Waals surface area contributed by atoms with Crippen LogP contribution < -0.4 is 0 Å². The number of methoxy groups -OCH3 is 1. The molecule has 0 saturated heterocycles. The van der Waals surface area contributed by atoms with Gasteiger partial charge in [-0.1, -0.05) is 17.7 Å². The number of hydrogen-bond donors (Lipinski definition) is 0. The summed E-state index contributed by atoms with van der Waals surface area (Å²) >= 11 is 0. The minimum absolute atomic E-state index is 0.167. The summed E-state index contributed by atoms with van der Waals surface area (Å²) < 4.78 is 34.9. The molecule has 0 radical (unpaired) electrons. The lowest BCUT2D eigenvalue weighted by molar-refractivity contribution is -0.142. The number of rotatable bonds is 4. The summed E-state index contributed by atoms with van der Waals surface area (Å²) in [6.07, 6.45) is 3.92. The van der Waals surface area contributed by atoms with Gasteiger partial charge in [-0.25, -0.2) is 0 Å². The number of aryl methyl sites for hydroxylation is 1. The number of ether oxygens (including phenoxy) is 1. The summed E-state index contributed by atoms with van der Waals surface area (Å²) in [5.41, 5.74) is 1.32. The third-order valence-corrected chi connectivity index (χ3v) is 5.92. The van der Waals surface area contributed by atoms with E-state index in [9.17, 15) is 8.42 Å². The van der Waals surface area contributed by atoms with Crippen LogP contribution in [0.25, 0.3) is 0 Å². The molecular formula is C15H20O4S. The average molecular weight is 296 g/mol. The molecule has 0 bridgehead atoms. The number of benzene rings is 1. The van der Waals surface area contributed by atoms with Crippen molar-refractivity contribution in [2.75, 3.05) is 7.11 Å². The molecule has 2 aliphatic carbocycles. The van der Waals surface area contributed by atoms with Gasteiger partial charge in [0, 0.05) is 7.11 Å². The van der Waals surface area contributed by atoms with Crippen LogP contribution in [0, 0.1) is 12.3 Å². The Morgan fingerprint density at radius 3 is 2.15 bits per heavy atom. The van der Waals surface area contributed by atoms with Crippen molar-refractivity contribution in [1.29, 1.82) is 0 Å². The molecular weight excluding hydrogens is 276 g/mol. The maximum atomic E-state index is 12.1. The van der Waals surface area contributed by atoms with Gasteiger partial charge in [-0.3, -0.25) is 4.18 Å². The molecule has 0 aromatic heterocycles. The van der Waals surface area contributed by atoms with Crippen LogP contribution >= 0.6 is 0 Å². The quantitative estimate of drug-likeness (QED) is 0.802. The molecule has 2 fully saturated rings. The Labute approximate surface area is 120 Å². The van der Waals surface area contributed by atoms with Gasteiger partial charge in [0.2, 0.25) is 0 Å².